The van der Waals surface area contributed by atoms with E-state index in [4.69, 9.17) is 47.4 Å². The number of benzene rings is 6. The lowest BCUT2D eigenvalue weighted by molar-refractivity contribution is -0.130. The van der Waals surface area contributed by atoms with Gasteiger partial charge in [0.05, 0.1) is 90.4 Å². The first-order chi connectivity index (χ1) is 61.1. The molecule has 126 heavy (non-hydrogen) atoms. The number of ether oxygens (including phenoxy) is 10. The first-order valence-electron chi connectivity index (χ1n) is 44.2. The van der Waals surface area contributed by atoms with Crippen molar-refractivity contribution >= 4 is 68.5 Å². The Bertz CT molecular complexity index is 4680. The smallest absolute Gasteiger partial charge is 0.335 e. The van der Waals surface area contributed by atoms with Crippen molar-refractivity contribution in [3.8, 4) is 56.8 Å². The lowest BCUT2D eigenvalue weighted by Crippen LogP contribution is -2.48. The van der Waals surface area contributed by atoms with Crippen LogP contribution in [0.5, 0.6) is 34.5 Å². The summed E-state index contributed by atoms with van der Waals surface area (Å²) in [6, 6.07) is 28.5. The molecule has 8 fully saturated rings. The maximum absolute atomic E-state index is 15.6. The third kappa shape index (κ3) is 24.1. The zero-order valence-corrected chi connectivity index (χ0v) is 73.1. The first kappa shape index (κ1) is 90.9. The number of halogens is 2. The molecule has 0 unspecified atom stereocenters. The fourth-order valence-electron chi connectivity index (χ4n) is 21.3. The van der Waals surface area contributed by atoms with Crippen LogP contribution in [-0.4, -0.2) is 174 Å². The number of nitrogens with zero attached hydrogens (tertiary/aromatic N) is 2. The molecule has 4 amide bonds. The van der Waals surface area contributed by atoms with Gasteiger partial charge in [-0.3, -0.25) is 19.2 Å². The number of aromatic carboxylic acids is 2. The average Bonchev–Trinajstić information content (AvgIpc) is 0.752. The predicted molar refractivity (Wildman–Crippen MR) is 472 cm³/mol. The van der Waals surface area contributed by atoms with Crippen molar-refractivity contribution in [2.75, 3.05) is 129 Å². The van der Waals surface area contributed by atoms with Gasteiger partial charge in [-0.15, -0.1) is 22.7 Å². The highest BCUT2D eigenvalue weighted by atomic mass is 32.1. The molecular formula is C96H114F2N8O18S2. The van der Waals surface area contributed by atoms with Gasteiger partial charge >= 0.3 is 11.9 Å². The number of amides is 4. The monoisotopic (exact) mass is 1770 g/mol. The Kier molecular flexibility index (Phi) is 30.6. The minimum Gasteiger partial charge on any atom is -0.487 e. The second-order valence-corrected chi connectivity index (χ2v) is 37.4. The molecule has 672 valence electrons. The number of carbonyl (C=O) groups excluding carboxylic acids is 4. The van der Waals surface area contributed by atoms with Gasteiger partial charge in [-0.2, -0.15) is 0 Å². The van der Waals surface area contributed by atoms with Gasteiger partial charge in [0.2, 0.25) is 23.6 Å². The molecule has 26 nitrogen and oxygen atoms in total. The summed E-state index contributed by atoms with van der Waals surface area (Å²) >= 11 is 2.69. The summed E-state index contributed by atoms with van der Waals surface area (Å²) in [6.45, 7) is 11.2. The molecule has 8 bridgehead atoms. The number of nitrogens with one attached hydrogen (secondary N) is 6. The summed E-state index contributed by atoms with van der Waals surface area (Å²) in [5, 5.41) is 42.1. The van der Waals surface area contributed by atoms with Crippen molar-refractivity contribution < 1.29 is 95.1 Å². The van der Waals surface area contributed by atoms with Gasteiger partial charge in [0, 0.05) is 109 Å². The number of anilines is 2. The SMILES string of the molecule is C[C@]1(CC(=O)Nc2nccs2)NCCc2cc(OCCOCCOCCOCCNC(=O)CC34CC5CC(CC(C5)C3)C4)c(Oc3ccc(-c4ccc(C(=O)O)cc4)c(F)c3)cc21.C[C@]1(CC(=O)Nc2nccs2)NCCc2cc(OCCOCCOCCOCCNC(=O)CC34CC5CC(CC(C5)C3)C4)c(Oc3ccc(-c4ccc(C(=O)O)cc4)c(F)c3)cc21. The van der Waals surface area contributed by atoms with Gasteiger partial charge in [-0.05, 0) is 256 Å². The quantitative estimate of drug-likeness (QED) is 0.0164. The number of aromatic nitrogens is 2. The van der Waals surface area contributed by atoms with E-state index in [9.17, 15) is 39.0 Å². The van der Waals surface area contributed by atoms with Crippen LogP contribution in [0.4, 0.5) is 19.0 Å². The average molecular weight is 1770 g/mol. The molecule has 6 aromatic carbocycles. The van der Waals surface area contributed by atoms with Crippen molar-refractivity contribution in [3.63, 3.8) is 0 Å². The highest BCUT2D eigenvalue weighted by Gasteiger charge is 2.53. The summed E-state index contributed by atoms with van der Waals surface area (Å²) in [7, 11) is 0. The standard InChI is InChI=1S/2C48H57FN4O9S/c2*1-47(29-44(55)53-46-51-11-19-63-46)39-25-42(62-37-6-7-38(40(49)24-37)34-2-4-35(5-3-34)45(56)57)41(23-36(39)8-9-52-47)61-18-17-60-16-15-59-14-13-58-12-10-50-43(54)30-48-26-31-20-32(27-48)22-33(21-31)28-48/h2*2-7,11,19,23-25,31-33,52H,8-10,12-18,20-22,26-30H2,1H3,(H,50,54)(H,56,57)(H,51,53,55)/t2*31?,32?,33?,47-,48?/m11/s1. The van der Waals surface area contributed by atoms with E-state index in [1.165, 1.54) is 136 Å². The molecule has 8 saturated carbocycles. The maximum atomic E-state index is 15.6. The fraction of sp³-hybridized carbons (Fsp3) is 0.500. The topological polar surface area (TPSA) is 333 Å². The summed E-state index contributed by atoms with van der Waals surface area (Å²) < 4.78 is 90.5. The summed E-state index contributed by atoms with van der Waals surface area (Å²) in [5.74, 6) is 3.77. The van der Waals surface area contributed by atoms with E-state index < -0.39 is 34.7 Å². The molecule has 4 heterocycles. The van der Waals surface area contributed by atoms with E-state index in [0.29, 0.717) is 173 Å². The minimum absolute atomic E-state index is 0.108. The van der Waals surface area contributed by atoms with Crippen molar-refractivity contribution in [2.24, 2.45) is 46.3 Å². The van der Waals surface area contributed by atoms with Crippen LogP contribution in [0.1, 0.15) is 160 Å². The number of thiazole rings is 2. The Morgan fingerprint density at radius 3 is 1.09 bits per heavy atom. The number of rotatable bonds is 44. The van der Waals surface area contributed by atoms with E-state index in [2.05, 4.69) is 41.9 Å². The van der Waals surface area contributed by atoms with Gasteiger partial charge in [0.1, 0.15) is 36.3 Å². The lowest BCUT2D eigenvalue weighted by atomic mass is 9.49. The molecule has 0 radical (unpaired) electrons. The van der Waals surface area contributed by atoms with Gasteiger partial charge in [-0.1, -0.05) is 24.3 Å². The van der Waals surface area contributed by atoms with Gasteiger partial charge < -0.3 is 89.5 Å². The zero-order chi connectivity index (χ0) is 87.6. The molecule has 30 heteroatoms. The van der Waals surface area contributed by atoms with Crippen molar-refractivity contribution in [3.05, 3.63) is 177 Å². The molecule has 8 aromatic rings. The van der Waals surface area contributed by atoms with E-state index in [1.807, 2.05) is 38.1 Å². The second-order valence-electron chi connectivity index (χ2n) is 35.6. The molecule has 0 spiro atoms. The van der Waals surface area contributed by atoms with Gasteiger partial charge in [0.25, 0.3) is 0 Å². The van der Waals surface area contributed by atoms with Crippen LogP contribution in [0.3, 0.4) is 0 Å². The molecule has 8 aliphatic carbocycles. The number of carboxylic acid groups (broad SMARTS) is 2. The molecular weight excluding hydrogens is 1660 g/mol. The Hall–Kier alpha value is -9.86. The normalized spacial score (nSPS) is 23.2. The van der Waals surface area contributed by atoms with E-state index >= 15 is 8.78 Å². The Morgan fingerprint density at radius 2 is 0.762 bits per heavy atom. The second kappa shape index (κ2) is 42.4. The van der Waals surface area contributed by atoms with Crippen LogP contribution in [0.15, 0.2) is 132 Å². The van der Waals surface area contributed by atoms with Crippen LogP contribution in [0.25, 0.3) is 22.3 Å². The molecule has 2 aliphatic heterocycles. The van der Waals surface area contributed by atoms with Crippen molar-refractivity contribution in [1.82, 2.24) is 31.2 Å². The minimum atomic E-state index is -1.06. The van der Waals surface area contributed by atoms with Crippen LogP contribution in [-0.2, 0) is 71.5 Å². The fourth-order valence-corrected chi connectivity index (χ4v) is 22.4. The third-order valence-corrected chi connectivity index (χ3v) is 27.3. The van der Waals surface area contributed by atoms with Crippen LogP contribution >= 0.6 is 22.7 Å². The maximum Gasteiger partial charge on any atom is 0.335 e. The highest BCUT2D eigenvalue weighted by Crippen LogP contribution is 2.63. The highest BCUT2D eigenvalue weighted by molar-refractivity contribution is 7.14. The van der Waals surface area contributed by atoms with E-state index in [-0.39, 0.29) is 96.4 Å². The number of fused-ring (bicyclic) bond motifs is 2. The summed E-state index contributed by atoms with van der Waals surface area (Å²) in [6.07, 6.45) is 21.9. The molecule has 2 atom stereocenters. The van der Waals surface area contributed by atoms with Crippen LogP contribution in [0, 0.1) is 58.0 Å². The van der Waals surface area contributed by atoms with Gasteiger partial charge in [0.15, 0.2) is 33.3 Å². The number of carbonyl (C=O) groups is 6. The Balaban J connectivity index is 0.000000194. The third-order valence-electron chi connectivity index (χ3n) is 26.0. The van der Waals surface area contributed by atoms with Gasteiger partial charge in [-0.25, -0.2) is 28.3 Å². The first-order valence-corrected chi connectivity index (χ1v) is 45.9. The molecule has 18 rings (SSSR count). The number of carboxylic acids is 2. The van der Waals surface area contributed by atoms with Crippen molar-refractivity contribution in [2.45, 2.75) is 141 Å². The molecule has 8 N–H and O–H groups in total. The summed E-state index contributed by atoms with van der Waals surface area (Å²) in [5.41, 5.74) is 4.53. The molecule has 0 saturated heterocycles. The van der Waals surface area contributed by atoms with Crippen LogP contribution < -0.4 is 50.8 Å². The van der Waals surface area contributed by atoms with E-state index in [0.717, 1.165) is 57.8 Å². The predicted octanol–water partition coefficient (Wildman–Crippen LogP) is 16.0. The zero-order valence-electron chi connectivity index (χ0n) is 71.5. The van der Waals surface area contributed by atoms with Crippen LogP contribution in [0.2, 0.25) is 0 Å². The Labute approximate surface area is 741 Å². The number of hydrogen-bond acceptors (Lipinski definition) is 22. The summed E-state index contributed by atoms with van der Waals surface area (Å²) in [4.78, 5) is 82.8. The Morgan fingerprint density at radius 1 is 0.421 bits per heavy atom. The van der Waals surface area contributed by atoms with E-state index in [1.54, 1.807) is 71.7 Å². The lowest BCUT2D eigenvalue weighted by Gasteiger charge is -2.56. The molecule has 2 aromatic heterocycles. The number of hydrogen-bond donors (Lipinski definition) is 8. The largest absolute Gasteiger partial charge is 0.487 e. The molecule has 10 aliphatic rings. The van der Waals surface area contributed by atoms with Crippen molar-refractivity contribution in [1.29, 1.82) is 0 Å².